The summed E-state index contributed by atoms with van der Waals surface area (Å²) in [6, 6.07) is 5.41. The number of imidazole rings is 1. The fourth-order valence-electron chi connectivity index (χ4n) is 2.97. The molecule has 0 aliphatic carbocycles. The van der Waals surface area contributed by atoms with Gasteiger partial charge in [0.2, 0.25) is 11.8 Å². The molecule has 1 aliphatic rings. The maximum atomic E-state index is 12.7. The number of rotatable bonds is 5. The Bertz CT molecular complexity index is 708. The molecule has 0 N–H and O–H groups in total. The van der Waals surface area contributed by atoms with Crippen molar-refractivity contribution in [2.24, 2.45) is 0 Å². The lowest BCUT2D eigenvalue weighted by Gasteiger charge is -2.28. The molecule has 6 nitrogen and oxygen atoms in total. The third kappa shape index (κ3) is 3.26. The van der Waals surface area contributed by atoms with Crippen LogP contribution in [0.1, 0.15) is 19.5 Å². The van der Waals surface area contributed by atoms with Gasteiger partial charge in [-0.2, -0.15) is 0 Å². The Morgan fingerprint density at radius 3 is 2.83 bits per heavy atom. The molecule has 2 amide bonds. The molecule has 2 aromatic heterocycles. The monoisotopic (exact) mass is 346 g/mol. The maximum absolute atomic E-state index is 12.7. The van der Waals surface area contributed by atoms with Gasteiger partial charge in [0.1, 0.15) is 11.7 Å². The SMILES string of the molecule is CCN(CC)C(=O)[C@@H]1CSCN1C(=O)Cc1cn2ccccc2n1. The van der Waals surface area contributed by atoms with E-state index in [1.165, 1.54) is 0 Å². The Morgan fingerprint density at radius 2 is 2.12 bits per heavy atom. The summed E-state index contributed by atoms with van der Waals surface area (Å²) < 4.78 is 1.90. The highest BCUT2D eigenvalue weighted by atomic mass is 32.2. The van der Waals surface area contributed by atoms with Crippen LogP contribution in [0.2, 0.25) is 0 Å². The van der Waals surface area contributed by atoms with Gasteiger partial charge in [-0.15, -0.1) is 11.8 Å². The number of nitrogens with zero attached hydrogens (tertiary/aromatic N) is 4. The van der Waals surface area contributed by atoms with Crippen LogP contribution in [0.3, 0.4) is 0 Å². The van der Waals surface area contributed by atoms with Crippen molar-refractivity contribution >= 4 is 29.2 Å². The molecule has 0 spiro atoms. The molecule has 0 radical (unpaired) electrons. The largest absolute Gasteiger partial charge is 0.341 e. The van der Waals surface area contributed by atoms with Crippen molar-refractivity contribution in [3.05, 3.63) is 36.3 Å². The molecule has 24 heavy (non-hydrogen) atoms. The van der Waals surface area contributed by atoms with Crippen molar-refractivity contribution < 1.29 is 9.59 Å². The summed E-state index contributed by atoms with van der Waals surface area (Å²) >= 11 is 1.63. The summed E-state index contributed by atoms with van der Waals surface area (Å²) in [6.45, 7) is 5.27. The lowest BCUT2D eigenvalue weighted by Crippen LogP contribution is -2.49. The van der Waals surface area contributed by atoms with E-state index in [0.717, 1.165) is 11.3 Å². The van der Waals surface area contributed by atoms with Crippen LogP contribution in [0.15, 0.2) is 30.6 Å². The van der Waals surface area contributed by atoms with Crippen molar-refractivity contribution in [1.29, 1.82) is 0 Å². The zero-order chi connectivity index (χ0) is 17.1. The molecule has 1 saturated heterocycles. The lowest BCUT2D eigenvalue weighted by atomic mass is 10.2. The van der Waals surface area contributed by atoms with E-state index in [1.54, 1.807) is 21.6 Å². The fourth-order valence-corrected chi connectivity index (χ4v) is 4.14. The molecule has 2 aromatic rings. The number of hydrogen-bond donors (Lipinski definition) is 0. The first-order valence-electron chi connectivity index (χ1n) is 8.22. The highest BCUT2D eigenvalue weighted by molar-refractivity contribution is 7.99. The Labute approximate surface area is 145 Å². The minimum Gasteiger partial charge on any atom is -0.341 e. The number of amides is 2. The molecule has 1 atom stereocenters. The second-order valence-electron chi connectivity index (χ2n) is 5.76. The van der Waals surface area contributed by atoms with E-state index < -0.39 is 0 Å². The molecular weight excluding hydrogens is 324 g/mol. The summed E-state index contributed by atoms with van der Waals surface area (Å²) in [6.07, 6.45) is 4.01. The molecule has 128 valence electrons. The third-order valence-electron chi connectivity index (χ3n) is 4.31. The van der Waals surface area contributed by atoms with Crippen LogP contribution in [0.25, 0.3) is 5.65 Å². The first-order chi connectivity index (χ1) is 11.6. The minimum atomic E-state index is -0.348. The van der Waals surface area contributed by atoms with Gasteiger partial charge in [0, 0.05) is 31.2 Å². The van der Waals surface area contributed by atoms with Crippen molar-refractivity contribution in [2.75, 3.05) is 24.7 Å². The predicted molar refractivity (Wildman–Crippen MR) is 94.8 cm³/mol. The number of fused-ring (bicyclic) bond motifs is 1. The van der Waals surface area contributed by atoms with Gasteiger partial charge in [-0.05, 0) is 26.0 Å². The number of carbonyl (C=O) groups is 2. The zero-order valence-corrected chi connectivity index (χ0v) is 14.8. The van der Waals surface area contributed by atoms with Crippen molar-refractivity contribution in [3.63, 3.8) is 0 Å². The Morgan fingerprint density at radius 1 is 1.33 bits per heavy atom. The smallest absolute Gasteiger partial charge is 0.246 e. The number of pyridine rings is 1. The van der Waals surface area contributed by atoms with E-state index in [2.05, 4.69) is 4.98 Å². The molecule has 0 unspecified atom stereocenters. The van der Waals surface area contributed by atoms with Gasteiger partial charge in [0.15, 0.2) is 0 Å². The van der Waals surface area contributed by atoms with Crippen LogP contribution < -0.4 is 0 Å². The average molecular weight is 346 g/mol. The Balaban J connectivity index is 1.72. The highest BCUT2D eigenvalue weighted by Gasteiger charge is 2.36. The average Bonchev–Trinajstić information content (AvgIpc) is 3.22. The van der Waals surface area contributed by atoms with Gasteiger partial charge in [0.05, 0.1) is 18.0 Å². The quantitative estimate of drug-likeness (QED) is 0.826. The predicted octanol–water partition coefficient (Wildman–Crippen LogP) is 1.65. The van der Waals surface area contributed by atoms with E-state index >= 15 is 0 Å². The highest BCUT2D eigenvalue weighted by Crippen LogP contribution is 2.23. The van der Waals surface area contributed by atoms with Crippen LogP contribution in [0.4, 0.5) is 0 Å². The lowest BCUT2D eigenvalue weighted by molar-refractivity contribution is -0.142. The van der Waals surface area contributed by atoms with E-state index in [-0.39, 0.29) is 24.3 Å². The van der Waals surface area contributed by atoms with Crippen LogP contribution in [-0.2, 0) is 16.0 Å². The summed E-state index contributed by atoms with van der Waals surface area (Å²) in [5, 5.41) is 0. The zero-order valence-electron chi connectivity index (χ0n) is 14.0. The van der Waals surface area contributed by atoms with Gasteiger partial charge >= 0.3 is 0 Å². The molecule has 1 fully saturated rings. The topological polar surface area (TPSA) is 57.9 Å². The number of carbonyl (C=O) groups excluding carboxylic acids is 2. The fraction of sp³-hybridized carbons (Fsp3) is 0.471. The summed E-state index contributed by atoms with van der Waals surface area (Å²) in [5.74, 6) is 1.26. The number of likely N-dealkylation sites (N-methyl/N-ethyl adjacent to an activating group) is 1. The van der Waals surface area contributed by atoms with Gasteiger partial charge < -0.3 is 14.2 Å². The first-order valence-corrected chi connectivity index (χ1v) is 9.38. The van der Waals surface area contributed by atoms with E-state index in [1.807, 2.05) is 48.8 Å². The molecule has 3 rings (SSSR count). The van der Waals surface area contributed by atoms with E-state index in [0.29, 0.717) is 24.7 Å². The normalized spacial score (nSPS) is 17.4. The minimum absolute atomic E-state index is 0.0334. The molecule has 3 heterocycles. The summed E-state index contributed by atoms with van der Waals surface area (Å²) in [7, 11) is 0. The molecule has 1 aliphatic heterocycles. The summed E-state index contributed by atoms with van der Waals surface area (Å²) in [5.41, 5.74) is 1.56. The van der Waals surface area contributed by atoms with E-state index in [4.69, 9.17) is 0 Å². The summed E-state index contributed by atoms with van der Waals surface area (Å²) in [4.78, 5) is 33.3. The van der Waals surface area contributed by atoms with Gasteiger partial charge in [0.25, 0.3) is 0 Å². The standard InChI is InChI=1S/C17H22N4O2S/c1-3-19(4-2)17(23)14-11-24-12-21(14)16(22)9-13-10-20-8-6-5-7-15(20)18-13/h5-8,10,14H,3-4,9,11-12H2,1-2H3/t14-/m0/s1. The van der Waals surface area contributed by atoms with E-state index in [9.17, 15) is 9.59 Å². The molecule has 0 aromatic carbocycles. The molecule has 0 saturated carbocycles. The maximum Gasteiger partial charge on any atom is 0.246 e. The van der Waals surface area contributed by atoms with Gasteiger partial charge in [-0.25, -0.2) is 4.98 Å². The first kappa shape index (κ1) is 16.8. The molecule has 0 bridgehead atoms. The van der Waals surface area contributed by atoms with Crippen molar-refractivity contribution in [2.45, 2.75) is 26.3 Å². The molecule has 7 heteroatoms. The molecular formula is C17H22N4O2S. The third-order valence-corrected chi connectivity index (χ3v) is 5.32. The Hall–Kier alpha value is -2.02. The van der Waals surface area contributed by atoms with Crippen LogP contribution in [-0.4, -0.2) is 61.8 Å². The van der Waals surface area contributed by atoms with Gasteiger partial charge in [-0.3, -0.25) is 9.59 Å². The second-order valence-corrected chi connectivity index (χ2v) is 6.76. The van der Waals surface area contributed by atoms with Crippen LogP contribution in [0, 0.1) is 0 Å². The number of thioether (sulfide) groups is 1. The van der Waals surface area contributed by atoms with Crippen molar-refractivity contribution in [1.82, 2.24) is 19.2 Å². The van der Waals surface area contributed by atoms with Crippen LogP contribution >= 0.6 is 11.8 Å². The van der Waals surface area contributed by atoms with Crippen molar-refractivity contribution in [3.8, 4) is 0 Å². The second kappa shape index (κ2) is 7.25. The number of aromatic nitrogens is 2. The van der Waals surface area contributed by atoms with Gasteiger partial charge in [-0.1, -0.05) is 6.07 Å². The Kier molecular flexibility index (Phi) is 5.08. The number of hydrogen-bond acceptors (Lipinski definition) is 4. The van der Waals surface area contributed by atoms with Crippen LogP contribution in [0.5, 0.6) is 0 Å².